The predicted octanol–water partition coefficient (Wildman–Crippen LogP) is 12.0. The van der Waals surface area contributed by atoms with Gasteiger partial charge in [-0.25, -0.2) is 22.0 Å². The van der Waals surface area contributed by atoms with E-state index in [0.717, 1.165) is 49.6 Å². The summed E-state index contributed by atoms with van der Waals surface area (Å²) < 4.78 is 108. The van der Waals surface area contributed by atoms with Gasteiger partial charge in [0, 0.05) is 11.1 Å². The van der Waals surface area contributed by atoms with E-state index in [1.165, 1.54) is 54.6 Å². The molecule has 240 valence electrons. The van der Waals surface area contributed by atoms with Crippen LogP contribution in [-0.4, -0.2) is 5.16 Å². The Bertz CT molecular complexity index is 1950. The van der Waals surface area contributed by atoms with Crippen molar-refractivity contribution in [2.24, 2.45) is 4.99 Å². The maximum atomic E-state index is 15.2. The van der Waals surface area contributed by atoms with Crippen LogP contribution in [0.1, 0.15) is 37.3 Å². The average Bonchev–Trinajstić information content (AvgIpc) is 3.03. The summed E-state index contributed by atoms with van der Waals surface area (Å²) in [5.41, 5.74) is 0.0104. The summed E-state index contributed by atoms with van der Waals surface area (Å²) in [6.07, 6.45) is -0.560. The van der Waals surface area contributed by atoms with E-state index in [-0.39, 0.29) is 28.0 Å². The molecule has 0 saturated heterocycles. The molecule has 0 heterocycles. The number of thiocarbonyl (C=S) groups is 1. The van der Waals surface area contributed by atoms with Gasteiger partial charge in [0.25, 0.3) is 0 Å². The van der Waals surface area contributed by atoms with Crippen LogP contribution in [0.2, 0.25) is 0 Å². The minimum absolute atomic E-state index is 0.0558. The fraction of sp³-hybridized carbons (Fsp3) is 0.162. The molecule has 47 heavy (non-hydrogen) atoms. The maximum absolute atomic E-state index is 15.2. The predicted molar refractivity (Wildman–Crippen MR) is 171 cm³/mol. The Kier molecular flexibility index (Phi) is 10.2. The first-order chi connectivity index (χ1) is 22.5. The van der Waals surface area contributed by atoms with Crippen molar-refractivity contribution >= 4 is 23.1 Å². The van der Waals surface area contributed by atoms with E-state index in [1.807, 2.05) is 12.1 Å². The molecule has 0 saturated carbocycles. The summed E-state index contributed by atoms with van der Waals surface area (Å²) >= 11 is 4.38. The molecular weight excluding hydrogens is 639 g/mol. The summed E-state index contributed by atoms with van der Waals surface area (Å²) in [4.78, 5) is 3.33. The SMILES string of the molecule is CCCCCc1ccc(C(F)(F)Oc2ccc(-c3ccc(-c4ccc(-c5cc(F)c(N=C=S)c(F)c5)c(F)c4)c(F)c3)cc2)c(F)c1. The lowest BCUT2D eigenvalue weighted by Gasteiger charge is -2.19. The lowest BCUT2D eigenvalue weighted by Crippen LogP contribution is -2.23. The molecule has 0 unspecified atom stereocenters. The van der Waals surface area contributed by atoms with Crippen molar-refractivity contribution in [2.75, 3.05) is 0 Å². The molecule has 2 nitrogen and oxygen atoms in total. The van der Waals surface area contributed by atoms with Gasteiger partial charge >= 0.3 is 6.11 Å². The first-order valence-electron chi connectivity index (χ1n) is 14.6. The van der Waals surface area contributed by atoms with Gasteiger partial charge in [0.15, 0.2) is 11.6 Å². The van der Waals surface area contributed by atoms with Crippen LogP contribution in [0, 0.1) is 29.1 Å². The number of nitrogens with zero attached hydrogens (tertiary/aromatic N) is 1. The molecule has 0 aromatic heterocycles. The fourth-order valence-corrected chi connectivity index (χ4v) is 5.26. The number of aliphatic imine (C=N–C) groups is 1. The third-order valence-corrected chi connectivity index (χ3v) is 7.68. The van der Waals surface area contributed by atoms with Crippen LogP contribution in [-0.2, 0) is 12.5 Å². The van der Waals surface area contributed by atoms with E-state index in [0.29, 0.717) is 23.1 Å². The van der Waals surface area contributed by atoms with Crippen LogP contribution in [0.5, 0.6) is 5.75 Å². The Hall–Kier alpha value is -4.79. The lowest BCUT2D eigenvalue weighted by atomic mass is 9.97. The van der Waals surface area contributed by atoms with Gasteiger partial charge in [0.05, 0.1) is 10.7 Å². The largest absolute Gasteiger partial charge is 0.429 e. The van der Waals surface area contributed by atoms with Crippen LogP contribution >= 0.6 is 12.2 Å². The first-order valence-corrected chi connectivity index (χ1v) is 15.0. The Balaban J connectivity index is 1.31. The van der Waals surface area contributed by atoms with Gasteiger partial charge in [-0.3, -0.25) is 0 Å². The Morgan fingerprint density at radius 1 is 0.638 bits per heavy atom. The number of halogens is 7. The molecule has 0 fully saturated rings. The Labute approximate surface area is 272 Å². The van der Waals surface area contributed by atoms with Crippen molar-refractivity contribution in [1.82, 2.24) is 0 Å². The van der Waals surface area contributed by atoms with Gasteiger partial charge in [-0.1, -0.05) is 62.2 Å². The monoisotopic (exact) mass is 665 g/mol. The summed E-state index contributed by atoms with van der Waals surface area (Å²) in [6, 6.07) is 18.7. The Morgan fingerprint density at radius 3 is 1.81 bits per heavy atom. The molecular formula is C37H26F7NOS. The van der Waals surface area contributed by atoms with Crippen LogP contribution in [0.25, 0.3) is 33.4 Å². The van der Waals surface area contributed by atoms with E-state index in [2.05, 4.69) is 17.2 Å². The second kappa shape index (κ2) is 14.3. The first kappa shape index (κ1) is 33.6. The van der Waals surface area contributed by atoms with E-state index in [4.69, 9.17) is 4.74 Å². The molecule has 0 aliphatic rings. The molecule has 0 atom stereocenters. The highest BCUT2D eigenvalue weighted by molar-refractivity contribution is 7.78. The van der Waals surface area contributed by atoms with Crippen molar-refractivity contribution in [3.63, 3.8) is 0 Å². The number of rotatable bonds is 11. The molecule has 5 rings (SSSR count). The smallest absolute Gasteiger partial charge is 0.429 e. The molecule has 0 aliphatic carbocycles. The zero-order valence-corrected chi connectivity index (χ0v) is 25.7. The summed E-state index contributed by atoms with van der Waals surface area (Å²) in [6.45, 7) is 2.04. The summed E-state index contributed by atoms with van der Waals surface area (Å²) in [7, 11) is 0. The highest BCUT2D eigenvalue weighted by Crippen LogP contribution is 2.36. The molecule has 5 aromatic rings. The quantitative estimate of drug-likeness (QED) is 0.0606. The standard InChI is InChI=1S/C37H26F7NOS/c1-2-3-4-5-22-6-15-30(33(40)16-22)37(43,44)46-27-11-7-23(8-12-27)24-9-13-28(31(38)17-24)25-10-14-29(32(39)18-25)26-19-34(41)36(45-21-47)35(42)20-26/h6-20H,2-5H2,1H3. The van der Waals surface area contributed by atoms with Crippen molar-refractivity contribution in [3.05, 3.63) is 131 Å². The number of isothiocyanates is 1. The highest BCUT2D eigenvalue weighted by Gasteiger charge is 2.37. The van der Waals surface area contributed by atoms with E-state index >= 15 is 8.78 Å². The van der Waals surface area contributed by atoms with E-state index in [1.54, 1.807) is 6.07 Å². The van der Waals surface area contributed by atoms with Gasteiger partial charge in [-0.05, 0) is 101 Å². The number of hydrogen-bond acceptors (Lipinski definition) is 3. The minimum Gasteiger partial charge on any atom is -0.429 e. The highest BCUT2D eigenvalue weighted by atomic mass is 32.1. The number of ether oxygens (including phenoxy) is 1. The number of alkyl halides is 2. The molecule has 0 amide bonds. The minimum atomic E-state index is -3.93. The molecule has 0 aliphatic heterocycles. The van der Waals surface area contributed by atoms with Crippen molar-refractivity contribution < 1.29 is 35.5 Å². The number of hydrogen-bond donors (Lipinski definition) is 0. The number of aryl methyl sites for hydroxylation is 1. The lowest BCUT2D eigenvalue weighted by molar-refractivity contribution is -0.187. The second-order valence-corrected chi connectivity index (χ2v) is 11.0. The maximum Gasteiger partial charge on any atom is 0.429 e. The molecule has 0 spiro atoms. The van der Waals surface area contributed by atoms with Gasteiger partial charge in [0.2, 0.25) is 0 Å². The van der Waals surface area contributed by atoms with Crippen molar-refractivity contribution in [2.45, 2.75) is 38.7 Å². The molecule has 10 heteroatoms. The van der Waals surface area contributed by atoms with Crippen LogP contribution in [0.15, 0.2) is 96.0 Å². The average molecular weight is 666 g/mol. The zero-order chi connectivity index (χ0) is 33.7. The summed E-state index contributed by atoms with van der Waals surface area (Å²) in [5, 5.41) is 1.88. The molecule has 0 bridgehead atoms. The van der Waals surface area contributed by atoms with Crippen molar-refractivity contribution in [3.8, 4) is 39.1 Å². The van der Waals surface area contributed by atoms with Gasteiger partial charge in [-0.15, -0.1) is 0 Å². The third kappa shape index (κ3) is 7.62. The van der Waals surface area contributed by atoms with Gasteiger partial charge in [0.1, 0.15) is 28.9 Å². The van der Waals surface area contributed by atoms with E-state index in [9.17, 15) is 22.0 Å². The van der Waals surface area contributed by atoms with Crippen LogP contribution in [0.4, 0.5) is 36.4 Å². The molecule has 0 N–H and O–H groups in total. The molecule has 0 radical (unpaired) electrons. The van der Waals surface area contributed by atoms with E-state index < -0.39 is 46.4 Å². The fourth-order valence-electron chi connectivity index (χ4n) is 5.17. The number of unbranched alkanes of at least 4 members (excludes halogenated alkanes) is 2. The summed E-state index contributed by atoms with van der Waals surface area (Å²) in [5.74, 6) is -4.92. The zero-order valence-electron chi connectivity index (χ0n) is 24.9. The normalized spacial score (nSPS) is 11.3. The van der Waals surface area contributed by atoms with Gasteiger partial charge in [-0.2, -0.15) is 13.8 Å². The molecule has 5 aromatic carbocycles. The van der Waals surface area contributed by atoms with Crippen molar-refractivity contribution in [1.29, 1.82) is 0 Å². The van der Waals surface area contributed by atoms with Crippen LogP contribution < -0.4 is 4.74 Å². The second-order valence-electron chi connectivity index (χ2n) is 10.8. The Morgan fingerprint density at radius 2 is 1.21 bits per heavy atom. The topological polar surface area (TPSA) is 21.6 Å². The van der Waals surface area contributed by atoms with Gasteiger partial charge < -0.3 is 4.74 Å². The van der Waals surface area contributed by atoms with Crippen LogP contribution in [0.3, 0.4) is 0 Å². The number of benzene rings is 5. The third-order valence-electron chi connectivity index (χ3n) is 7.58.